The van der Waals surface area contributed by atoms with Gasteiger partial charge in [0.2, 0.25) is 0 Å². The van der Waals surface area contributed by atoms with Gasteiger partial charge in [-0.3, -0.25) is 0 Å². The van der Waals surface area contributed by atoms with Crippen molar-refractivity contribution in [3.05, 3.63) is 69.0 Å². The average Bonchev–Trinajstić information content (AvgIpc) is 2.38. The third-order valence-corrected chi connectivity index (χ3v) is 3.61. The minimum atomic E-state index is -1.06. The van der Waals surface area contributed by atoms with Crippen LogP contribution in [0.3, 0.4) is 0 Å². The molecule has 6 heteroatoms. The van der Waals surface area contributed by atoms with Gasteiger partial charge in [0.1, 0.15) is 5.82 Å². The van der Waals surface area contributed by atoms with E-state index in [4.69, 9.17) is 28.9 Å². The monoisotopic (exact) mass is 319 g/mol. The quantitative estimate of drug-likeness (QED) is 0.818. The van der Waals surface area contributed by atoms with Crippen LogP contribution in [0.4, 0.5) is 13.2 Å². The molecule has 0 aliphatic carbocycles. The van der Waals surface area contributed by atoms with Crippen molar-refractivity contribution >= 4 is 23.2 Å². The third-order valence-electron chi connectivity index (χ3n) is 2.92. The molecule has 2 rings (SSSR count). The van der Waals surface area contributed by atoms with Crippen LogP contribution in [0, 0.1) is 17.5 Å². The lowest BCUT2D eigenvalue weighted by atomic mass is 9.99. The first-order chi connectivity index (χ1) is 9.40. The van der Waals surface area contributed by atoms with Crippen molar-refractivity contribution in [2.75, 3.05) is 0 Å². The molecule has 0 aromatic heterocycles. The molecule has 0 heterocycles. The second-order valence-electron chi connectivity index (χ2n) is 4.30. The SMILES string of the molecule is NC(Cc1c(F)cccc1Cl)c1cc(F)c(F)cc1Cl. The van der Waals surface area contributed by atoms with Crippen LogP contribution in [0.5, 0.6) is 0 Å². The van der Waals surface area contributed by atoms with Gasteiger partial charge >= 0.3 is 0 Å². The van der Waals surface area contributed by atoms with Crippen LogP contribution in [0.15, 0.2) is 30.3 Å². The summed E-state index contributed by atoms with van der Waals surface area (Å²) in [4.78, 5) is 0. The molecule has 2 N–H and O–H groups in total. The van der Waals surface area contributed by atoms with Crippen LogP contribution in [-0.2, 0) is 6.42 Å². The van der Waals surface area contributed by atoms with Crippen LogP contribution >= 0.6 is 23.2 Å². The lowest BCUT2D eigenvalue weighted by Crippen LogP contribution is -2.15. The summed E-state index contributed by atoms with van der Waals surface area (Å²) in [7, 11) is 0. The van der Waals surface area contributed by atoms with E-state index in [2.05, 4.69) is 0 Å². The maximum Gasteiger partial charge on any atom is 0.160 e. The third kappa shape index (κ3) is 3.08. The summed E-state index contributed by atoms with van der Waals surface area (Å²) < 4.78 is 39.9. The van der Waals surface area contributed by atoms with Gasteiger partial charge in [-0.1, -0.05) is 29.3 Å². The predicted molar refractivity (Wildman–Crippen MR) is 73.4 cm³/mol. The van der Waals surface area contributed by atoms with E-state index in [9.17, 15) is 13.2 Å². The molecule has 2 aromatic rings. The number of rotatable bonds is 3. The van der Waals surface area contributed by atoms with E-state index in [0.717, 1.165) is 12.1 Å². The first-order valence-corrected chi connectivity index (χ1v) is 6.48. The van der Waals surface area contributed by atoms with Crippen LogP contribution in [0.2, 0.25) is 10.0 Å². The van der Waals surface area contributed by atoms with Gasteiger partial charge in [0.15, 0.2) is 11.6 Å². The highest BCUT2D eigenvalue weighted by molar-refractivity contribution is 6.31. The van der Waals surface area contributed by atoms with Gasteiger partial charge in [-0.2, -0.15) is 0 Å². The van der Waals surface area contributed by atoms with Crippen molar-refractivity contribution in [3.63, 3.8) is 0 Å². The summed E-state index contributed by atoms with van der Waals surface area (Å²) in [5.41, 5.74) is 6.30. The zero-order chi connectivity index (χ0) is 14.9. The Bertz CT molecular complexity index is 626. The highest BCUT2D eigenvalue weighted by Gasteiger charge is 2.18. The van der Waals surface area contributed by atoms with Crippen LogP contribution in [0.25, 0.3) is 0 Å². The molecule has 2 aromatic carbocycles. The zero-order valence-corrected chi connectivity index (χ0v) is 11.7. The van der Waals surface area contributed by atoms with Gasteiger partial charge in [0, 0.05) is 21.7 Å². The van der Waals surface area contributed by atoms with E-state index in [0.29, 0.717) is 0 Å². The smallest absolute Gasteiger partial charge is 0.160 e. The molecule has 1 nitrogen and oxygen atoms in total. The second kappa shape index (κ2) is 6.04. The van der Waals surface area contributed by atoms with E-state index in [1.54, 1.807) is 0 Å². The Hall–Kier alpha value is -1.23. The number of benzene rings is 2. The molecule has 0 aliphatic heterocycles. The van der Waals surface area contributed by atoms with Crippen LogP contribution in [-0.4, -0.2) is 0 Å². The maximum absolute atomic E-state index is 13.7. The first kappa shape index (κ1) is 15.2. The highest BCUT2D eigenvalue weighted by atomic mass is 35.5. The van der Waals surface area contributed by atoms with Gasteiger partial charge in [0.25, 0.3) is 0 Å². The topological polar surface area (TPSA) is 26.0 Å². The maximum atomic E-state index is 13.7. The fourth-order valence-corrected chi connectivity index (χ4v) is 2.41. The molecule has 0 saturated heterocycles. The standard InChI is InChI=1S/C14H10Cl2F3N/c15-9-2-1-3-11(17)7(9)5-14(20)8-4-12(18)13(19)6-10(8)16/h1-4,6,14H,5,20H2. The highest BCUT2D eigenvalue weighted by Crippen LogP contribution is 2.29. The molecule has 0 radical (unpaired) electrons. The Morgan fingerprint density at radius 2 is 1.60 bits per heavy atom. The molecule has 20 heavy (non-hydrogen) atoms. The van der Waals surface area contributed by atoms with Gasteiger partial charge < -0.3 is 5.73 Å². The summed E-state index contributed by atoms with van der Waals surface area (Å²) >= 11 is 11.7. The van der Waals surface area contributed by atoms with Crippen molar-refractivity contribution in [2.24, 2.45) is 5.73 Å². The van der Waals surface area contributed by atoms with Gasteiger partial charge in [-0.25, -0.2) is 13.2 Å². The second-order valence-corrected chi connectivity index (χ2v) is 5.11. The summed E-state index contributed by atoms with van der Waals surface area (Å²) in [5, 5.41) is 0.211. The Morgan fingerprint density at radius 3 is 2.25 bits per heavy atom. The molecule has 0 saturated carbocycles. The Morgan fingerprint density at radius 1 is 0.950 bits per heavy atom. The van der Waals surface area contributed by atoms with E-state index >= 15 is 0 Å². The molecule has 0 fully saturated rings. The minimum absolute atomic E-state index is 0.0103. The fourth-order valence-electron chi connectivity index (χ4n) is 1.88. The van der Waals surface area contributed by atoms with Gasteiger partial charge in [-0.05, 0) is 36.2 Å². The van der Waals surface area contributed by atoms with E-state index in [1.807, 2.05) is 0 Å². The average molecular weight is 320 g/mol. The largest absolute Gasteiger partial charge is 0.324 e. The Kier molecular flexibility index (Phi) is 4.58. The number of hydrogen-bond donors (Lipinski definition) is 1. The molecule has 0 aliphatic rings. The number of halogens is 5. The van der Waals surface area contributed by atoms with Crippen molar-refractivity contribution in [1.82, 2.24) is 0 Å². The normalized spacial score (nSPS) is 12.5. The summed E-state index contributed by atoms with van der Waals surface area (Å²) in [6, 6.07) is 5.20. The van der Waals surface area contributed by atoms with Gasteiger partial charge in [0.05, 0.1) is 0 Å². The van der Waals surface area contributed by atoms with Crippen LogP contribution < -0.4 is 5.73 Å². The van der Waals surface area contributed by atoms with Crippen molar-refractivity contribution in [3.8, 4) is 0 Å². The molecule has 0 spiro atoms. The summed E-state index contributed by atoms with van der Waals surface area (Å²) in [6.45, 7) is 0. The van der Waals surface area contributed by atoms with E-state index < -0.39 is 23.5 Å². The molecule has 106 valence electrons. The first-order valence-electron chi connectivity index (χ1n) is 5.73. The lowest BCUT2D eigenvalue weighted by Gasteiger charge is -2.15. The van der Waals surface area contributed by atoms with Crippen LogP contribution in [0.1, 0.15) is 17.2 Å². The van der Waals surface area contributed by atoms with Crippen molar-refractivity contribution in [1.29, 1.82) is 0 Å². The van der Waals surface area contributed by atoms with Crippen molar-refractivity contribution in [2.45, 2.75) is 12.5 Å². The zero-order valence-electron chi connectivity index (χ0n) is 10.1. The molecule has 1 unspecified atom stereocenters. The minimum Gasteiger partial charge on any atom is -0.324 e. The molecule has 0 amide bonds. The molecular formula is C14H10Cl2F3N. The summed E-state index contributed by atoms with van der Waals surface area (Å²) in [6.07, 6.45) is 0.0241. The Balaban J connectivity index is 2.33. The summed E-state index contributed by atoms with van der Waals surface area (Å²) in [5.74, 6) is -2.62. The number of nitrogens with two attached hydrogens (primary N) is 1. The van der Waals surface area contributed by atoms with Gasteiger partial charge in [-0.15, -0.1) is 0 Å². The van der Waals surface area contributed by atoms with E-state index in [1.165, 1.54) is 18.2 Å². The lowest BCUT2D eigenvalue weighted by molar-refractivity contribution is 0.504. The van der Waals surface area contributed by atoms with E-state index in [-0.39, 0.29) is 27.6 Å². The van der Waals surface area contributed by atoms with Crippen molar-refractivity contribution < 1.29 is 13.2 Å². The molecule has 1 atom stereocenters. The molecular weight excluding hydrogens is 310 g/mol. The predicted octanol–water partition coefficient (Wildman–Crippen LogP) is 4.65. The number of hydrogen-bond acceptors (Lipinski definition) is 1. The molecule has 0 bridgehead atoms. The fraction of sp³-hybridized carbons (Fsp3) is 0.143. The Labute approximate surface area is 124 Å².